The molecule has 51 heavy (non-hydrogen) atoms. The monoisotopic (exact) mass is 653 g/mol. The van der Waals surface area contributed by atoms with Crippen LogP contribution in [0.25, 0.3) is 55.3 Å². The minimum absolute atomic E-state index is 0.106. The van der Waals surface area contributed by atoms with Crippen LogP contribution >= 0.6 is 0 Å². The number of hydrogen-bond acceptors (Lipinski definition) is 1. The summed E-state index contributed by atoms with van der Waals surface area (Å²) in [6.07, 6.45) is 0. The second-order valence-corrected chi connectivity index (χ2v) is 14.2. The van der Waals surface area contributed by atoms with E-state index in [0.29, 0.717) is 0 Å². The summed E-state index contributed by atoms with van der Waals surface area (Å²) in [4.78, 5) is 2.44. The van der Waals surface area contributed by atoms with Gasteiger partial charge in [0.05, 0.1) is 5.69 Å². The molecule has 0 N–H and O–H groups in total. The molecule has 0 spiro atoms. The van der Waals surface area contributed by atoms with Crippen molar-refractivity contribution >= 4 is 27.8 Å². The van der Waals surface area contributed by atoms with Crippen LogP contribution in [0.2, 0.25) is 0 Å². The minimum Gasteiger partial charge on any atom is -0.310 e. The third kappa shape index (κ3) is 5.25. The molecule has 0 heterocycles. The lowest BCUT2D eigenvalue weighted by Crippen LogP contribution is -2.17. The number of benzene rings is 8. The van der Waals surface area contributed by atoms with Crippen LogP contribution in [0.15, 0.2) is 182 Å². The molecule has 0 saturated heterocycles. The van der Waals surface area contributed by atoms with Crippen LogP contribution in [0.4, 0.5) is 17.1 Å². The van der Waals surface area contributed by atoms with Gasteiger partial charge in [-0.15, -0.1) is 0 Å². The second kappa shape index (κ2) is 12.3. The van der Waals surface area contributed by atoms with Gasteiger partial charge in [-0.25, -0.2) is 0 Å². The number of aryl methyl sites for hydroxylation is 1. The van der Waals surface area contributed by atoms with Gasteiger partial charge in [0.1, 0.15) is 0 Å². The molecular formula is C50H39N. The van der Waals surface area contributed by atoms with E-state index in [0.717, 1.165) is 17.1 Å². The summed E-state index contributed by atoms with van der Waals surface area (Å²) in [5.41, 5.74) is 17.4. The van der Waals surface area contributed by atoms with Crippen molar-refractivity contribution in [1.82, 2.24) is 0 Å². The third-order valence-corrected chi connectivity index (χ3v) is 10.8. The Morgan fingerprint density at radius 1 is 0.392 bits per heavy atom. The summed E-state index contributed by atoms with van der Waals surface area (Å²) in [7, 11) is 0. The summed E-state index contributed by atoms with van der Waals surface area (Å²) in [5, 5.41) is 2.49. The molecule has 0 atom stereocenters. The first kappa shape index (κ1) is 30.8. The number of hydrogen-bond donors (Lipinski definition) is 0. The maximum Gasteiger partial charge on any atom is 0.0540 e. The van der Waals surface area contributed by atoms with Crippen molar-refractivity contribution in [3.05, 3.63) is 199 Å². The van der Waals surface area contributed by atoms with Gasteiger partial charge >= 0.3 is 0 Å². The first-order valence-electron chi connectivity index (χ1n) is 17.9. The highest BCUT2D eigenvalue weighted by Gasteiger charge is 2.36. The van der Waals surface area contributed by atoms with E-state index in [1.165, 1.54) is 72.0 Å². The van der Waals surface area contributed by atoms with Crippen LogP contribution in [0, 0.1) is 6.92 Å². The Morgan fingerprint density at radius 2 is 0.941 bits per heavy atom. The summed E-state index contributed by atoms with van der Waals surface area (Å²) in [5.74, 6) is 0. The van der Waals surface area contributed by atoms with Crippen molar-refractivity contribution < 1.29 is 0 Å². The van der Waals surface area contributed by atoms with E-state index in [2.05, 4.69) is 208 Å². The van der Waals surface area contributed by atoms with Gasteiger partial charge in [0.15, 0.2) is 0 Å². The highest BCUT2D eigenvalue weighted by molar-refractivity contribution is 5.97. The Hall–Kier alpha value is -6.18. The van der Waals surface area contributed by atoms with Gasteiger partial charge in [-0.2, -0.15) is 0 Å². The molecule has 0 amide bonds. The Labute approximate surface area is 301 Å². The van der Waals surface area contributed by atoms with Gasteiger partial charge in [0.25, 0.3) is 0 Å². The van der Waals surface area contributed by atoms with Crippen LogP contribution in [0.5, 0.6) is 0 Å². The fraction of sp³-hybridized carbons (Fsp3) is 0.0800. The fourth-order valence-electron chi connectivity index (χ4n) is 8.18. The molecule has 0 unspecified atom stereocenters. The molecule has 0 saturated carbocycles. The molecular weight excluding hydrogens is 615 g/mol. The molecule has 0 bridgehead atoms. The molecule has 1 aliphatic carbocycles. The number of anilines is 3. The minimum atomic E-state index is -0.106. The topological polar surface area (TPSA) is 3.24 Å². The molecule has 1 aliphatic rings. The molecule has 1 heteroatoms. The maximum absolute atomic E-state index is 2.44. The van der Waals surface area contributed by atoms with Crippen molar-refractivity contribution in [3.8, 4) is 44.5 Å². The van der Waals surface area contributed by atoms with Gasteiger partial charge in [-0.05, 0) is 116 Å². The van der Waals surface area contributed by atoms with Gasteiger partial charge in [-0.3, -0.25) is 0 Å². The third-order valence-electron chi connectivity index (χ3n) is 10.8. The van der Waals surface area contributed by atoms with Crippen molar-refractivity contribution in [2.45, 2.75) is 26.2 Å². The summed E-state index contributed by atoms with van der Waals surface area (Å²) < 4.78 is 0. The molecule has 8 aromatic carbocycles. The molecule has 8 aromatic rings. The van der Waals surface area contributed by atoms with E-state index in [-0.39, 0.29) is 5.41 Å². The predicted molar refractivity (Wildman–Crippen MR) is 217 cm³/mol. The van der Waals surface area contributed by atoms with E-state index in [4.69, 9.17) is 0 Å². The standard InChI is InChI=1S/C50H39N/c1-34-15-14-23-46-49(34)43-30-29-41(33-47(43)50(46,2)3)51(48-24-13-12-22-42(48)35-16-6-4-7-17-35)40-27-25-37(26-28-40)45-32-39-21-11-10-20-38(39)31-44(45)36-18-8-5-9-19-36/h4-33H,1-3H3. The predicted octanol–water partition coefficient (Wildman–Crippen LogP) is 13.9. The molecule has 244 valence electrons. The van der Waals surface area contributed by atoms with Crippen molar-refractivity contribution in [1.29, 1.82) is 0 Å². The van der Waals surface area contributed by atoms with E-state index >= 15 is 0 Å². The highest BCUT2D eigenvalue weighted by Crippen LogP contribution is 2.52. The summed E-state index contributed by atoms with van der Waals surface area (Å²) >= 11 is 0. The van der Waals surface area contributed by atoms with Crippen LogP contribution < -0.4 is 4.90 Å². The fourth-order valence-corrected chi connectivity index (χ4v) is 8.18. The normalized spacial score (nSPS) is 12.8. The molecule has 9 rings (SSSR count). The summed E-state index contributed by atoms with van der Waals surface area (Å²) in [6.45, 7) is 6.97. The molecule has 0 fully saturated rings. The number of para-hydroxylation sites is 1. The van der Waals surface area contributed by atoms with E-state index in [1.54, 1.807) is 0 Å². The second-order valence-electron chi connectivity index (χ2n) is 14.2. The Balaban J connectivity index is 1.22. The largest absolute Gasteiger partial charge is 0.310 e. The molecule has 0 aromatic heterocycles. The zero-order valence-corrected chi connectivity index (χ0v) is 29.3. The van der Waals surface area contributed by atoms with E-state index < -0.39 is 0 Å². The average Bonchev–Trinajstić information content (AvgIpc) is 3.42. The van der Waals surface area contributed by atoms with E-state index in [1.807, 2.05) is 0 Å². The van der Waals surface area contributed by atoms with Crippen molar-refractivity contribution in [3.63, 3.8) is 0 Å². The highest BCUT2D eigenvalue weighted by atomic mass is 15.1. The van der Waals surface area contributed by atoms with Gasteiger partial charge in [0, 0.05) is 22.4 Å². The Kier molecular flexibility index (Phi) is 7.44. The van der Waals surface area contributed by atoms with Gasteiger partial charge in [-0.1, -0.05) is 153 Å². The lowest BCUT2D eigenvalue weighted by atomic mass is 9.82. The van der Waals surface area contributed by atoms with Crippen molar-refractivity contribution in [2.24, 2.45) is 0 Å². The number of fused-ring (bicyclic) bond motifs is 4. The zero-order valence-electron chi connectivity index (χ0n) is 29.3. The quantitative estimate of drug-likeness (QED) is 0.173. The zero-order chi connectivity index (χ0) is 34.5. The maximum atomic E-state index is 2.44. The SMILES string of the molecule is Cc1cccc2c1-c1ccc(N(c3ccc(-c4cc5ccccc5cc4-c4ccccc4)cc3)c3ccccc3-c3ccccc3)cc1C2(C)C. The number of rotatable bonds is 6. The molecule has 0 radical (unpaired) electrons. The first-order valence-corrected chi connectivity index (χ1v) is 17.9. The van der Waals surface area contributed by atoms with Crippen LogP contribution in [0.1, 0.15) is 30.5 Å². The van der Waals surface area contributed by atoms with Gasteiger partial charge < -0.3 is 4.90 Å². The summed E-state index contributed by atoms with van der Waals surface area (Å²) in [6, 6.07) is 66.6. The van der Waals surface area contributed by atoms with E-state index in [9.17, 15) is 0 Å². The lowest BCUT2D eigenvalue weighted by molar-refractivity contribution is 0.660. The average molecular weight is 654 g/mol. The smallest absolute Gasteiger partial charge is 0.0540 e. The number of nitrogens with zero attached hydrogens (tertiary/aromatic N) is 1. The van der Waals surface area contributed by atoms with Crippen molar-refractivity contribution in [2.75, 3.05) is 4.90 Å². The Morgan fingerprint density at radius 3 is 1.61 bits per heavy atom. The van der Waals surface area contributed by atoms with Crippen LogP contribution in [-0.4, -0.2) is 0 Å². The Bertz CT molecular complexity index is 2540. The van der Waals surface area contributed by atoms with Gasteiger partial charge in [0.2, 0.25) is 0 Å². The first-order chi connectivity index (χ1) is 25.0. The molecule has 1 nitrogen and oxygen atoms in total. The molecule has 0 aliphatic heterocycles. The van der Waals surface area contributed by atoms with Crippen LogP contribution in [-0.2, 0) is 5.41 Å². The van der Waals surface area contributed by atoms with Crippen LogP contribution in [0.3, 0.4) is 0 Å². The lowest BCUT2D eigenvalue weighted by Gasteiger charge is -2.30.